The Labute approximate surface area is 156 Å². The molecule has 1 aromatic rings. The molecule has 2 rings (SSSR count). The molecule has 1 fully saturated rings. The predicted octanol–water partition coefficient (Wildman–Crippen LogP) is 1.06. The molecule has 7 nitrogen and oxygen atoms in total. The second kappa shape index (κ2) is 10.1. The van der Waals surface area contributed by atoms with Crippen molar-refractivity contribution >= 4 is 11.8 Å². The fourth-order valence-electron chi connectivity index (χ4n) is 3.40. The van der Waals surface area contributed by atoms with Gasteiger partial charge in [-0.2, -0.15) is 0 Å². The van der Waals surface area contributed by atoms with Gasteiger partial charge in [0.1, 0.15) is 5.82 Å². The Bertz CT molecular complexity index is 605. The zero-order chi connectivity index (χ0) is 18.9. The number of carbonyl (C=O) groups excluding carboxylic acids is 2. The first-order valence-corrected chi connectivity index (χ1v) is 9.34. The first-order valence-electron chi connectivity index (χ1n) is 9.34. The summed E-state index contributed by atoms with van der Waals surface area (Å²) in [6.07, 6.45) is 8.64. The number of piperidine rings is 1. The zero-order valence-electron chi connectivity index (χ0n) is 16.0. The van der Waals surface area contributed by atoms with Crippen LogP contribution in [0.5, 0.6) is 0 Å². The number of nitrogens with one attached hydrogen (secondary N) is 1. The Morgan fingerprint density at radius 1 is 1.42 bits per heavy atom. The van der Waals surface area contributed by atoms with E-state index in [4.69, 9.17) is 0 Å². The van der Waals surface area contributed by atoms with E-state index in [1.54, 1.807) is 6.20 Å². The molecule has 1 aliphatic rings. The number of aromatic nitrogens is 2. The molecule has 0 radical (unpaired) electrons. The summed E-state index contributed by atoms with van der Waals surface area (Å²) in [4.78, 5) is 32.0. The molecule has 1 aliphatic heterocycles. The molecule has 0 aromatic carbocycles. The van der Waals surface area contributed by atoms with Gasteiger partial charge in [0.25, 0.3) is 0 Å². The predicted molar refractivity (Wildman–Crippen MR) is 102 cm³/mol. The molecule has 0 bridgehead atoms. The van der Waals surface area contributed by atoms with Gasteiger partial charge in [-0.1, -0.05) is 6.08 Å². The molecule has 1 aromatic heterocycles. The number of imidazole rings is 1. The number of carbonyl (C=O) groups is 2. The van der Waals surface area contributed by atoms with E-state index >= 15 is 0 Å². The Hall–Kier alpha value is -2.15. The molecule has 0 unspecified atom stereocenters. The molecule has 0 saturated carbocycles. The van der Waals surface area contributed by atoms with Gasteiger partial charge in [0.2, 0.25) is 11.8 Å². The summed E-state index contributed by atoms with van der Waals surface area (Å²) >= 11 is 0. The van der Waals surface area contributed by atoms with Crippen LogP contribution in [-0.2, 0) is 22.6 Å². The number of likely N-dealkylation sites (N-methyl/N-ethyl adjacent to an activating group) is 1. The topological polar surface area (TPSA) is 70.5 Å². The molecule has 144 valence electrons. The summed E-state index contributed by atoms with van der Waals surface area (Å²) in [5.74, 6) is 1.15. The van der Waals surface area contributed by atoms with Crippen molar-refractivity contribution < 1.29 is 9.59 Å². The van der Waals surface area contributed by atoms with Gasteiger partial charge in [-0.05, 0) is 19.9 Å². The van der Waals surface area contributed by atoms with Gasteiger partial charge in [-0.25, -0.2) is 4.98 Å². The van der Waals surface area contributed by atoms with Gasteiger partial charge < -0.3 is 19.7 Å². The van der Waals surface area contributed by atoms with E-state index in [2.05, 4.69) is 28.8 Å². The van der Waals surface area contributed by atoms with Gasteiger partial charge in [0.05, 0.1) is 0 Å². The van der Waals surface area contributed by atoms with Gasteiger partial charge in [0, 0.05) is 70.9 Å². The molecule has 1 N–H and O–H groups in total. The SMILES string of the molecule is C=CCn1ccnc1CCC(=O)N1CCC(N(C)CCNC(C)=O)CC1. The largest absolute Gasteiger partial charge is 0.355 e. The lowest BCUT2D eigenvalue weighted by Crippen LogP contribution is -2.47. The highest BCUT2D eigenvalue weighted by atomic mass is 16.2. The Kier molecular flexibility index (Phi) is 7.84. The molecule has 1 saturated heterocycles. The van der Waals surface area contributed by atoms with Crippen molar-refractivity contribution in [2.24, 2.45) is 0 Å². The van der Waals surface area contributed by atoms with Crippen LogP contribution < -0.4 is 5.32 Å². The quantitative estimate of drug-likeness (QED) is 0.668. The maximum Gasteiger partial charge on any atom is 0.223 e. The van der Waals surface area contributed by atoms with Crippen molar-refractivity contribution in [1.82, 2.24) is 24.7 Å². The van der Waals surface area contributed by atoms with E-state index < -0.39 is 0 Å². The summed E-state index contributed by atoms with van der Waals surface area (Å²) in [5, 5.41) is 2.83. The maximum atomic E-state index is 12.5. The lowest BCUT2D eigenvalue weighted by atomic mass is 10.0. The van der Waals surface area contributed by atoms with Crippen LogP contribution in [0.25, 0.3) is 0 Å². The van der Waals surface area contributed by atoms with E-state index in [0.717, 1.165) is 44.8 Å². The molecule has 2 heterocycles. The number of hydrogen-bond acceptors (Lipinski definition) is 4. The minimum Gasteiger partial charge on any atom is -0.355 e. The second-order valence-electron chi connectivity index (χ2n) is 6.86. The van der Waals surface area contributed by atoms with Crippen LogP contribution in [-0.4, -0.2) is 70.4 Å². The third kappa shape index (κ3) is 5.98. The van der Waals surface area contributed by atoms with Crippen LogP contribution in [0.3, 0.4) is 0 Å². The van der Waals surface area contributed by atoms with Gasteiger partial charge in [-0.3, -0.25) is 9.59 Å². The minimum atomic E-state index is 0.00698. The summed E-state index contributed by atoms with van der Waals surface area (Å²) in [6, 6.07) is 0.472. The van der Waals surface area contributed by atoms with Crippen LogP contribution in [0.15, 0.2) is 25.0 Å². The number of rotatable bonds is 9. The lowest BCUT2D eigenvalue weighted by Gasteiger charge is -2.36. The molecule has 0 aliphatic carbocycles. The Morgan fingerprint density at radius 3 is 2.81 bits per heavy atom. The van der Waals surface area contributed by atoms with Gasteiger partial charge >= 0.3 is 0 Å². The van der Waals surface area contributed by atoms with Crippen molar-refractivity contribution in [3.05, 3.63) is 30.9 Å². The van der Waals surface area contributed by atoms with E-state index in [1.165, 1.54) is 6.92 Å². The Balaban J connectivity index is 1.71. The van der Waals surface area contributed by atoms with Crippen LogP contribution in [0.4, 0.5) is 0 Å². The fraction of sp³-hybridized carbons (Fsp3) is 0.632. The third-order valence-electron chi connectivity index (χ3n) is 4.97. The fourth-order valence-corrected chi connectivity index (χ4v) is 3.40. The molecule has 7 heteroatoms. The monoisotopic (exact) mass is 361 g/mol. The molecule has 26 heavy (non-hydrogen) atoms. The first kappa shape index (κ1) is 20.2. The van der Waals surface area contributed by atoms with Gasteiger partial charge in [-0.15, -0.1) is 6.58 Å². The minimum absolute atomic E-state index is 0.00698. The number of amides is 2. The van der Waals surface area contributed by atoms with Crippen LogP contribution in [0, 0.1) is 0 Å². The van der Waals surface area contributed by atoms with Crippen LogP contribution >= 0.6 is 0 Å². The maximum absolute atomic E-state index is 12.5. The molecule has 2 amide bonds. The summed E-state index contributed by atoms with van der Waals surface area (Å²) in [5.41, 5.74) is 0. The van der Waals surface area contributed by atoms with Gasteiger partial charge in [0.15, 0.2) is 0 Å². The van der Waals surface area contributed by atoms with Crippen molar-refractivity contribution in [2.75, 3.05) is 33.2 Å². The zero-order valence-corrected chi connectivity index (χ0v) is 16.0. The summed E-state index contributed by atoms with van der Waals surface area (Å²) in [6.45, 7) is 9.11. The standard InChI is InChI=1S/C19H31N5O2/c1-4-11-23-15-10-21-18(23)5-6-19(26)24-12-7-17(8-13-24)22(3)14-9-20-16(2)25/h4,10,15,17H,1,5-9,11-14H2,2-3H3,(H,20,25). The lowest BCUT2D eigenvalue weighted by molar-refractivity contribution is -0.132. The van der Waals surface area contributed by atoms with Crippen LogP contribution in [0.2, 0.25) is 0 Å². The molecule has 0 atom stereocenters. The average molecular weight is 361 g/mol. The number of allylic oxidation sites excluding steroid dienone is 1. The van der Waals surface area contributed by atoms with E-state index in [9.17, 15) is 9.59 Å². The number of aryl methyl sites for hydroxylation is 1. The van der Waals surface area contributed by atoms with Crippen molar-refractivity contribution in [2.45, 2.75) is 45.2 Å². The van der Waals surface area contributed by atoms with E-state index in [-0.39, 0.29) is 11.8 Å². The summed E-state index contributed by atoms with van der Waals surface area (Å²) < 4.78 is 2.02. The van der Waals surface area contributed by atoms with Crippen molar-refractivity contribution in [3.8, 4) is 0 Å². The number of nitrogens with zero attached hydrogens (tertiary/aromatic N) is 4. The molecular weight excluding hydrogens is 330 g/mol. The average Bonchev–Trinajstić information content (AvgIpc) is 3.07. The van der Waals surface area contributed by atoms with E-state index in [1.807, 2.05) is 21.7 Å². The summed E-state index contributed by atoms with van der Waals surface area (Å²) in [7, 11) is 2.09. The second-order valence-corrected chi connectivity index (χ2v) is 6.86. The molecule has 0 spiro atoms. The third-order valence-corrected chi connectivity index (χ3v) is 4.97. The van der Waals surface area contributed by atoms with E-state index in [0.29, 0.717) is 25.4 Å². The van der Waals surface area contributed by atoms with Crippen molar-refractivity contribution in [3.63, 3.8) is 0 Å². The van der Waals surface area contributed by atoms with Crippen molar-refractivity contribution in [1.29, 1.82) is 0 Å². The highest BCUT2D eigenvalue weighted by molar-refractivity contribution is 5.76. The Morgan fingerprint density at radius 2 is 2.15 bits per heavy atom. The highest BCUT2D eigenvalue weighted by Crippen LogP contribution is 2.16. The smallest absolute Gasteiger partial charge is 0.223 e. The number of likely N-dealkylation sites (tertiary alicyclic amines) is 1. The normalized spacial score (nSPS) is 15.3. The highest BCUT2D eigenvalue weighted by Gasteiger charge is 2.25. The van der Waals surface area contributed by atoms with Crippen LogP contribution in [0.1, 0.15) is 32.0 Å². The molecular formula is C19H31N5O2. The first-order chi connectivity index (χ1) is 12.5. The number of hydrogen-bond donors (Lipinski definition) is 1.